The van der Waals surface area contributed by atoms with E-state index in [0.29, 0.717) is 12.7 Å². The molecule has 0 spiro atoms. The van der Waals surface area contributed by atoms with Crippen LogP contribution in [-0.4, -0.2) is 28.1 Å². The maximum Gasteiger partial charge on any atom is 0.231 e. The van der Waals surface area contributed by atoms with Gasteiger partial charge in [0.1, 0.15) is 11.6 Å². The third-order valence-electron chi connectivity index (χ3n) is 4.46. The van der Waals surface area contributed by atoms with Gasteiger partial charge in [-0.3, -0.25) is 0 Å². The highest BCUT2D eigenvalue weighted by atomic mass is 16.7. The Labute approximate surface area is 129 Å². The monoisotopic (exact) mass is 300 g/mol. The summed E-state index contributed by atoms with van der Waals surface area (Å²) in [4.78, 5) is 0. The first-order chi connectivity index (χ1) is 10.8. The van der Waals surface area contributed by atoms with Crippen molar-refractivity contribution in [1.29, 1.82) is 0 Å². The van der Waals surface area contributed by atoms with Crippen LogP contribution in [0.25, 0.3) is 0 Å². The molecule has 0 amide bonds. The fourth-order valence-corrected chi connectivity index (χ4v) is 3.24. The molecular weight excluding hydrogens is 280 g/mol. The molecule has 1 atom stereocenters. The summed E-state index contributed by atoms with van der Waals surface area (Å²) in [6.07, 6.45) is 2.18. The molecule has 1 aromatic carbocycles. The Hall–Kier alpha value is -2.08. The van der Waals surface area contributed by atoms with Crippen molar-refractivity contribution in [3.05, 3.63) is 35.4 Å². The van der Waals surface area contributed by atoms with E-state index in [1.165, 1.54) is 0 Å². The quantitative estimate of drug-likeness (QED) is 0.930. The van der Waals surface area contributed by atoms with Crippen LogP contribution in [0.1, 0.15) is 23.6 Å². The molecule has 1 aromatic heterocycles. The first-order valence-corrected chi connectivity index (χ1v) is 7.78. The Morgan fingerprint density at radius 2 is 2.27 bits per heavy atom. The third kappa shape index (κ3) is 2.43. The maximum absolute atomic E-state index is 5.54. The number of hydrogen-bond donors (Lipinski definition) is 1. The fourth-order valence-electron chi connectivity index (χ4n) is 3.24. The van der Waals surface area contributed by atoms with Gasteiger partial charge in [0, 0.05) is 25.1 Å². The molecule has 2 aliphatic heterocycles. The van der Waals surface area contributed by atoms with Gasteiger partial charge in [-0.15, -0.1) is 10.2 Å². The Morgan fingerprint density at radius 1 is 1.32 bits per heavy atom. The number of para-hydroxylation sites is 1. The van der Waals surface area contributed by atoms with E-state index in [9.17, 15) is 0 Å². The van der Waals surface area contributed by atoms with Crippen molar-refractivity contribution in [2.75, 3.05) is 13.3 Å². The summed E-state index contributed by atoms with van der Waals surface area (Å²) in [5, 5.41) is 11.9. The summed E-state index contributed by atoms with van der Waals surface area (Å²) < 4.78 is 13.2. The lowest BCUT2D eigenvalue weighted by molar-refractivity contribution is 0.173. The van der Waals surface area contributed by atoms with Crippen LogP contribution in [0.4, 0.5) is 0 Å². The van der Waals surface area contributed by atoms with Gasteiger partial charge < -0.3 is 19.4 Å². The van der Waals surface area contributed by atoms with Crippen LogP contribution in [0.2, 0.25) is 0 Å². The molecule has 2 aromatic rings. The van der Waals surface area contributed by atoms with E-state index >= 15 is 0 Å². The highest BCUT2D eigenvalue weighted by Crippen LogP contribution is 2.35. The topological polar surface area (TPSA) is 61.2 Å². The summed E-state index contributed by atoms with van der Waals surface area (Å²) in [6, 6.07) is 6.05. The molecule has 0 aliphatic carbocycles. The smallest absolute Gasteiger partial charge is 0.231 e. The van der Waals surface area contributed by atoms with E-state index in [1.807, 2.05) is 19.1 Å². The molecule has 6 heteroatoms. The molecule has 0 bridgehead atoms. The van der Waals surface area contributed by atoms with Gasteiger partial charge in [0.05, 0.1) is 0 Å². The predicted molar refractivity (Wildman–Crippen MR) is 80.8 cm³/mol. The number of fused-ring (bicyclic) bond motifs is 2. The standard InChI is InChI=1S/C16H20N4O2/c1-11-18-19-15-6-5-12(9-20(11)15)7-17-8-13-3-2-4-14-16(13)22-10-21-14/h2-4,12,17H,5-10H2,1H3/t12-/m0/s1. The number of rotatable bonds is 4. The van der Waals surface area contributed by atoms with Crippen LogP contribution in [0.3, 0.4) is 0 Å². The number of nitrogens with one attached hydrogen (secondary N) is 1. The van der Waals surface area contributed by atoms with E-state index in [1.54, 1.807) is 0 Å². The highest BCUT2D eigenvalue weighted by molar-refractivity contribution is 5.48. The zero-order valence-electron chi connectivity index (χ0n) is 12.7. The van der Waals surface area contributed by atoms with Crippen molar-refractivity contribution in [1.82, 2.24) is 20.1 Å². The first-order valence-electron chi connectivity index (χ1n) is 7.78. The molecule has 0 unspecified atom stereocenters. The number of hydrogen-bond acceptors (Lipinski definition) is 5. The van der Waals surface area contributed by atoms with Crippen molar-refractivity contribution in [3.8, 4) is 11.5 Å². The van der Waals surface area contributed by atoms with Gasteiger partial charge in [0.25, 0.3) is 0 Å². The Bertz CT molecular complexity index is 683. The van der Waals surface area contributed by atoms with Crippen molar-refractivity contribution in [2.24, 2.45) is 5.92 Å². The van der Waals surface area contributed by atoms with Gasteiger partial charge >= 0.3 is 0 Å². The summed E-state index contributed by atoms with van der Waals surface area (Å²) in [6.45, 7) is 5.15. The molecule has 0 fully saturated rings. The summed E-state index contributed by atoms with van der Waals surface area (Å²) in [7, 11) is 0. The lowest BCUT2D eigenvalue weighted by atomic mass is 9.99. The molecule has 22 heavy (non-hydrogen) atoms. The second-order valence-corrected chi connectivity index (χ2v) is 5.96. The summed E-state index contributed by atoms with van der Waals surface area (Å²) in [5.74, 6) is 4.50. The molecule has 1 N–H and O–H groups in total. The van der Waals surface area contributed by atoms with Crippen molar-refractivity contribution < 1.29 is 9.47 Å². The van der Waals surface area contributed by atoms with E-state index < -0.39 is 0 Å². The highest BCUT2D eigenvalue weighted by Gasteiger charge is 2.22. The lowest BCUT2D eigenvalue weighted by Gasteiger charge is -2.24. The number of aromatic nitrogens is 3. The molecule has 2 aliphatic rings. The van der Waals surface area contributed by atoms with Crippen LogP contribution >= 0.6 is 0 Å². The van der Waals surface area contributed by atoms with Crippen LogP contribution in [-0.2, 0) is 19.5 Å². The average molecular weight is 300 g/mol. The molecule has 0 radical (unpaired) electrons. The number of benzene rings is 1. The predicted octanol–water partition coefficient (Wildman–Crippen LogP) is 1.67. The second-order valence-electron chi connectivity index (χ2n) is 5.96. The van der Waals surface area contributed by atoms with E-state index in [2.05, 4.69) is 26.1 Å². The lowest BCUT2D eigenvalue weighted by Crippen LogP contribution is -2.30. The first kappa shape index (κ1) is 13.6. The van der Waals surface area contributed by atoms with Crippen LogP contribution in [0, 0.1) is 12.8 Å². The van der Waals surface area contributed by atoms with Crippen molar-refractivity contribution >= 4 is 0 Å². The van der Waals surface area contributed by atoms with Gasteiger partial charge in [-0.05, 0) is 31.9 Å². The molecular formula is C16H20N4O2. The number of ether oxygens (including phenoxy) is 2. The largest absolute Gasteiger partial charge is 0.454 e. The minimum absolute atomic E-state index is 0.324. The normalized spacial score (nSPS) is 19.2. The minimum Gasteiger partial charge on any atom is -0.454 e. The van der Waals surface area contributed by atoms with Crippen molar-refractivity contribution in [3.63, 3.8) is 0 Å². The summed E-state index contributed by atoms with van der Waals surface area (Å²) in [5.41, 5.74) is 1.16. The van der Waals surface area contributed by atoms with Gasteiger partial charge in [-0.2, -0.15) is 0 Å². The molecule has 3 heterocycles. The average Bonchev–Trinajstić information content (AvgIpc) is 3.15. The van der Waals surface area contributed by atoms with E-state index in [0.717, 1.165) is 61.2 Å². The number of aryl methyl sites for hydroxylation is 2. The second kappa shape index (κ2) is 5.61. The van der Waals surface area contributed by atoms with Gasteiger partial charge in [-0.25, -0.2) is 0 Å². The fraction of sp³-hybridized carbons (Fsp3) is 0.500. The van der Waals surface area contributed by atoms with Crippen LogP contribution in [0.15, 0.2) is 18.2 Å². The van der Waals surface area contributed by atoms with Crippen LogP contribution in [0.5, 0.6) is 11.5 Å². The molecule has 0 saturated heterocycles. The van der Waals surface area contributed by atoms with Gasteiger partial charge in [0.15, 0.2) is 11.5 Å². The Morgan fingerprint density at radius 3 is 3.23 bits per heavy atom. The zero-order valence-corrected chi connectivity index (χ0v) is 12.7. The Kier molecular flexibility index (Phi) is 3.46. The molecule has 6 nitrogen and oxygen atoms in total. The summed E-state index contributed by atoms with van der Waals surface area (Å²) >= 11 is 0. The Balaban J connectivity index is 1.35. The minimum atomic E-state index is 0.324. The van der Waals surface area contributed by atoms with Gasteiger partial charge in [0.2, 0.25) is 6.79 Å². The van der Waals surface area contributed by atoms with E-state index in [-0.39, 0.29) is 0 Å². The number of nitrogens with zero attached hydrogens (tertiary/aromatic N) is 3. The van der Waals surface area contributed by atoms with Crippen molar-refractivity contribution in [2.45, 2.75) is 32.9 Å². The molecule has 116 valence electrons. The maximum atomic E-state index is 5.54. The SMILES string of the molecule is Cc1nnc2n1C[C@H](CNCc1cccc3c1OCO3)CC2. The van der Waals surface area contributed by atoms with Crippen LogP contribution < -0.4 is 14.8 Å². The van der Waals surface area contributed by atoms with Gasteiger partial charge in [-0.1, -0.05) is 12.1 Å². The van der Waals surface area contributed by atoms with E-state index in [4.69, 9.17) is 9.47 Å². The molecule has 0 saturated carbocycles. The third-order valence-corrected chi connectivity index (χ3v) is 4.46. The zero-order chi connectivity index (χ0) is 14.9. The molecule has 4 rings (SSSR count).